The van der Waals surface area contributed by atoms with E-state index in [1.54, 1.807) is 12.1 Å². The van der Waals surface area contributed by atoms with Crippen LogP contribution in [-0.4, -0.2) is 7.11 Å². The Labute approximate surface area is 125 Å². The summed E-state index contributed by atoms with van der Waals surface area (Å²) < 4.78 is 60.2. The number of hydrogen-bond acceptors (Lipinski definition) is 1. The van der Waals surface area contributed by atoms with Gasteiger partial charge in [0, 0.05) is 5.56 Å². The van der Waals surface area contributed by atoms with Crippen LogP contribution in [0.5, 0.6) is 5.75 Å². The highest BCUT2D eigenvalue weighted by Gasteiger charge is 2.20. The molecular weight excluding hydrogens is 296 g/mol. The highest BCUT2D eigenvalue weighted by Crippen LogP contribution is 2.33. The molecule has 2 rings (SSSR count). The quantitative estimate of drug-likeness (QED) is 0.550. The monoisotopic (exact) mass is 310 g/mol. The summed E-state index contributed by atoms with van der Waals surface area (Å²) in [5, 5.41) is 0. The molecule has 0 fully saturated rings. The fourth-order valence-corrected chi connectivity index (χ4v) is 1.99. The molecule has 2 aromatic carbocycles. The maximum absolute atomic E-state index is 14.1. The molecule has 2 aromatic rings. The van der Waals surface area contributed by atoms with E-state index in [1.807, 2.05) is 6.92 Å². The molecular formula is C17H14F4O. The number of benzene rings is 2. The summed E-state index contributed by atoms with van der Waals surface area (Å²) in [5.74, 6) is -5.92. The standard InChI is InChI=1S/C17H14F4O/c1-3-10-4-6-11(7-5-10)14(18)15(19)12-8-9-13(22-2)17(21)16(12)20/h4-9H,3H2,1-2H3/b15-14+. The van der Waals surface area contributed by atoms with Gasteiger partial charge in [0.25, 0.3) is 0 Å². The van der Waals surface area contributed by atoms with Gasteiger partial charge in [0.05, 0.1) is 12.7 Å². The summed E-state index contributed by atoms with van der Waals surface area (Å²) in [6.07, 6.45) is 0.756. The Morgan fingerprint density at radius 2 is 1.55 bits per heavy atom. The molecule has 0 unspecified atom stereocenters. The van der Waals surface area contributed by atoms with E-state index in [-0.39, 0.29) is 11.3 Å². The molecule has 0 aromatic heterocycles. The zero-order chi connectivity index (χ0) is 16.3. The van der Waals surface area contributed by atoms with Crippen LogP contribution in [0.25, 0.3) is 11.7 Å². The Morgan fingerprint density at radius 3 is 2.09 bits per heavy atom. The Kier molecular flexibility index (Phi) is 4.85. The van der Waals surface area contributed by atoms with E-state index in [2.05, 4.69) is 4.74 Å². The van der Waals surface area contributed by atoms with Crippen LogP contribution in [-0.2, 0) is 6.42 Å². The van der Waals surface area contributed by atoms with E-state index in [0.717, 1.165) is 31.2 Å². The van der Waals surface area contributed by atoms with Gasteiger partial charge >= 0.3 is 0 Å². The SMILES string of the molecule is CCc1ccc(/C(F)=C(\F)c2ccc(OC)c(F)c2F)cc1. The van der Waals surface area contributed by atoms with Crippen LogP contribution in [0.3, 0.4) is 0 Å². The lowest BCUT2D eigenvalue weighted by Gasteiger charge is -2.07. The Hall–Kier alpha value is -2.30. The van der Waals surface area contributed by atoms with Gasteiger partial charge in [-0.05, 0) is 24.1 Å². The second-order valence-corrected chi connectivity index (χ2v) is 4.62. The van der Waals surface area contributed by atoms with Gasteiger partial charge < -0.3 is 4.74 Å². The second-order valence-electron chi connectivity index (χ2n) is 4.62. The molecule has 0 heterocycles. The molecule has 0 bridgehead atoms. The Morgan fingerprint density at radius 1 is 0.909 bits per heavy atom. The average Bonchev–Trinajstić information content (AvgIpc) is 2.56. The third-order valence-corrected chi connectivity index (χ3v) is 3.31. The van der Waals surface area contributed by atoms with E-state index in [1.165, 1.54) is 12.1 Å². The normalized spacial score (nSPS) is 12.1. The van der Waals surface area contributed by atoms with Crippen LogP contribution >= 0.6 is 0 Å². The number of methoxy groups -OCH3 is 1. The second kappa shape index (κ2) is 6.64. The summed E-state index contributed by atoms with van der Waals surface area (Å²) in [6.45, 7) is 1.93. The fraction of sp³-hybridized carbons (Fsp3) is 0.176. The number of halogens is 4. The highest BCUT2D eigenvalue weighted by molar-refractivity contribution is 5.83. The molecule has 0 saturated heterocycles. The minimum absolute atomic E-state index is 0.0367. The molecule has 0 spiro atoms. The maximum Gasteiger partial charge on any atom is 0.201 e. The third kappa shape index (κ3) is 2.98. The first-order valence-electron chi connectivity index (χ1n) is 6.66. The first-order chi connectivity index (χ1) is 10.5. The van der Waals surface area contributed by atoms with Crippen molar-refractivity contribution in [2.24, 2.45) is 0 Å². The van der Waals surface area contributed by atoms with E-state index < -0.39 is 28.9 Å². The van der Waals surface area contributed by atoms with Gasteiger partial charge in [0.2, 0.25) is 5.82 Å². The average molecular weight is 310 g/mol. The molecule has 0 amide bonds. The summed E-state index contributed by atoms with van der Waals surface area (Å²) >= 11 is 0. The number of rotatable bonds is 4. The minimum Gasteiger partial charge on any atom is -0.494 e. The van der Waals surface area contributed by atoms with Gasteiger partial charge in [0.15, 0.2) is 23.2 Å². The third-order valence-electron chi connectivity index (χ3n) is 3.31. The summed E-state index contributed by atoms with van der Waals surface area (Å²) in [4.78, 5) is 0. The molecule has 0 aliphatic rings. The van der Waals surface area contributed by atoms with Crippen LogP contribution in [0.4, 0.5) is 17.6 Å². The molecule has 116 valence electrons. The predicted octanol–water partition coefficient (Wildman–Crippen LogP) is 5.30. The van der Waals surface area contributed by atoms with Crippen molar-refractivity contribution in [1.29, 1.82) is 0 Å². The first-order valence-corrected chi connectivity index (χ1v) is 6.66. The zero-order valence-corrected chi connectivity index (χ0v) is 12.1. The lowest BCUT2D eigenvalue weighted by Crippen LogP contribution is -1.97. The van der Waals surface area contributed by atoms with Crippen LogP contribution < -0.4 is 4.74 Å². The van der Waals surface area contributed by atoms with Crippen molar-refractivity contribution in [1.82, 2.24) is 0 Å². The fourth-order valence-electron chi connectivity index (χ4n) is 1.99. The highest BCUT2D eigenvalue weighted by atomic mass is 19.2. The number of aryl methyl sites for hydroxylation is 1. The van der Waals surface area contributed by atoms with Gasteiger partial charge in [-0.25, -0.2) is 13.2 Å². The summed E-state index contributed by atoms with van der Waals surface area (Å²) in [5.41, 5.74) is 0.138. The summed E-state index contributed by atoms with van der Waals surface area (Å²) in [6, 6.07) is 8.06. The van der Waals surface area contributed by atoms with Gasteiger partial charge in [-0.1, -0.05) is 31.2 Å². The molecule has 22 heavy (non-hydrogen) atoms. The van der Waals surface area contributed by atoms with E-state index in [9.17, 15) is 17.6 Å². The topological polar surface area (TPSA) is 9.23 Å². The molecule has 0 radical (unpaired) electrons. The van der Waals surface area contributed by atoms with Crippen molar-refractivity contribution in [3.63, 3.8) is 0 Å². The van der Waals surface area contributed by atoms with Gasteiger partial charge in [-0.15, -0.1) is 0 Å². The number of hydrogen-bond donors (Lipinski definition) is 0. The van der Waals surface area contributed by atoms with Gasteiger partial charge in [-0.2, -0.15) is 4.39 Å². The van der Waals surface area contributed by atoms with E-state index >= 15 is 0 Å². The summed E-state index contributed by atoms with van der Waals surface area (Å²) in [7, 11) is 1.15. The minimum atomic E-state index is -1.49. The van der Waals surface area contributed by atoms with Gasteiger partial charge in [-0.3, -0.25) is 0 Å². The van der Waals surface area contributed by atoms with E-state index in [4.69, 9.17) is 0 Å². The predicted molar refractivity (Wildman–Crippen MR) is 77.8 cm³/mol. The molecule has 0 saturated carbocycles. The van der Waals surface area contributed by atoms with Crippen LogP contribution in [0.1, 0.15) is 23.6 Å². The van der Waals surface area contributed by atoms with Crippen molar-refractivity contribution >= 4 is 11.7 Å². The maximum atomic E-state index is 14.1. The Bertz CT molecular complexity index is 705. The Balaban J connectivity index is 2.48. The van der Waals surface area contributed by atoms with Crippen molar-refractivity contribution in [2.75, 3.05) is 7.11 Å². The largest absolute Gasteiger partial charge is 0.494 e. The lowest BCUT2D eigenvalue weighted by molar-refractivity contribution is 0.371. The number of ether oxygens (including phenoxy) is 1. The van der Waals surface area contributed by atoms with Crippen LogP contribution in [0.2, 0.25) is 0 Å². The lowest BCUT2D eigenvalue weighted by atomic mass is 10.1. The van der Waals surface area contributed by atoms with Crippen LogP contribution in [0.15, 0.2) is 36.4 Å². The molecule has 5 heteroatoms. The van der Waals surface area contributed by atoms with Crippen LogP contribution in [0, 0.1) is 11.6 Å². The smallest absolute Gasteiger partial charge is 0.201 e. The molecule has 0 N–H and O–H groups in total. The van der Waals surface area contributed by atoms with Crippen molar-refractivity contribution in [2.45, 2.75) is 13.3 Å². The van der Waals surface area contributed by atoms with Crippen molar-refractivity contribution < 1.29 is 22.3 Å². The molecule has 0 atom stereocenters. The van der Waals surface area contributed by atoms with Crippen molar-refractivity contribution in [3.8, 4) is 5.75 Å². The zero-order valence-electron chi connectivity index (χ0n) is 12.1. The van der Waals surface area contributed by atoms with Gasteiger partial charge in [0.1, 0.15) is 0 Å². The van der Waals surface area contributed by atoms with E-state index in [0.29, 0.717) is 0 Å². The molecule has 0 aliphatic carbocycles. The van der Waals surface area contributed by atoms with Crippen molar-refractivity contribution in [3.05, 3.63) is 64.7 Å². The molecule has 0 aliphatic heterocycles. The molecule has 1 nitrogen and oxygen atoms in total. The first kappa shape index (κ1) is 16.1.